The molecule has 3 atom stereocenters. The Hall–Kier alpha value is -1.38. The van der Waals surface area contributed by atoms with Gasteiger partial charge in [0.25, 0.3) is 0 Å². The minimum absolute atomic E-state index is 0.00473. The third-order valence-corrected chi connectivity index (χ3v) is 5.18. The standard InChI is InChI=1S/C17H24F3N3O2/c18-17(19,20)15-2-1-6-21-16(15)22-7-5-12(8-22)9-23-10-14(25)4-3-13(23)11-24/h1-2,6,12-14,24-25H,3-5,7-11H2/t12-,13-,14-/m1/s1. The van der Waals surface area contributed by atoms with Gasteiger partial charge in [0, 0.05) is 38.4 Å². The van der Waals surface area contributed by atoms with Gasteiger partial charge < -0.3 is 15.1 Å². The van der Waals surface area contributed by atoms with Crippen LogP contribution in [0, 0.1) is 5.92 Å². The van der Waals surface area contributed by atoms with Crippen molar-refractivity contribution in [3.05, 3.63) is 23.9 Å². The predicted molar refractivity (Wildman–Crippen MR) is 87.2 cm³/mol. The summed E-state index contributed by atoms with van der Waals surface area (Å²) in [7, 11) is 0. The SMILES string of the molecule is OC[C@H]1CC[C@@H](O)CN1C[C@@H]1CCN(c2ncccc2C(F)(F)F)C1. The van der Waals surface area contributed by atoms with E-state index >= 15 is 0 Å². The number of aliphatic hydroxyl groups is 2. The molecule has 2 aliphatic heterocycles. The third kappa shape index (κ3) is 4.24. The van der Waals surface area contributed by atoms with Crippen molar-refractivity contribution >= 4 is 5.82 Å². The van der Waals surface area contributed by atoms with E-state index in [1.54, 1.807) is 4.90 Å². The molecular formula is C17H24F3N3O2. The number of anilines is 1. The van der Waals surface area contributed by atoms with Crippen LogP contribution in [0.15, 0.2) is 18.3 Å². The first-order valence-electron chi connectivity index (χ1n) is 8.68. The third-order valence-electron chi connectivity index (χ3n) is 5.18. The second kappa shape index (κ2) is 7.47. The average Bonchev–Trinajstić information content (AvgIpc) is 3.03. The van der Waals surface area contributed by atoms with E-state index in [1.165, 1.54) is 12.3 Å². The maximum absolute atomic E-state index is 13.2. The number of pyridine rings is 1. The maximum atomic E-state index is 13.2. The number of halogens is 3. The molecule has 2 fully saturated rings. The van der Waals surface area contributed by atoms with Crippen molar-refractivity contribution in [3.8, 4) is 0 Å². The van der Waals surface area contributed by atoms with Crippen molar-refractivity contribution < 1.29 is 23.4 Å². The van der Waals surface area contributed by atoms with E-state index in [-0.39, 0.29) is 24.4 Å². The van der Waals surface area contributed by atoms with E-state index in [0.717, 1.165) is 18.9 Å². The van der Waals surface area contributed by atoms with Crippen molar-refractivity contribution in [1.29, 1.82) is 0 Å². The fourth-order valence-electron chi connectivity index (χ4n) is 3.88. The second-order valence-electron chi connectivity index (χ2n) is 6.99. The topological polar surface area (TPSA) is 59.8 Å². The molecule has 0 amide bonds. The molecule has 0 saturated carbocycles. The fourth-order valence-corrected chi connectivity index (χ4v) is 3.88. The Balaban J connectivity index is 1.66. The van der Waals surface area contributed by atoms with Gasteiger partial charge in [0.05, 0.1) is 18.3 Å². The van der Waals surface area contributed by atoms with Crippen LogP contribution in [0.1, 0.15) is 24.8 Å². The van der Waals surface area contributed by atoms with E-state index in [4.69, 9.17) is 0 Å². The van der Waals surface area contributed by atoms with Gasteiger partial charge in [0.2, 0.25) is 0 Å². The molecule has 2 aliphatic rings. The van der Waals surface area contributed by atoms with E-state index in [1.807, 2.05) is 0 Å². The van der Waals surface area contributed by atoms with Crippen LogP contribution in [-0.2, 0) is 6.18 Å². The molecule has 25 heavy (non-hydrogen) atoms. The van der Waals surface area contributed by atoms with Crippen LogP contribution in [0.2, 0.25) is 0 Å². The molecule has 1 aromatic heterocycles. The van der Waals surface area contributed by atoms with Crippen LogP contribution in [0.5, 0.6) is 0 Å². The van der Waals surface area contributed by atoms with Crippen molar-refractivity contribution in [1.82, 2.24) is 9.88 Å². The molecule has 3 rings (SSSR count). The lowest BCUT2D eigenvalue weighted by atomic mass is 9.98. The summed E-state index contributed by atoms with van der Waals surface area (Å²) in [4.78, 5) is 7.73. The molecule has 1 aromatic rings. The minimum atomic E-state index is -4.42. The monoisotopic (exact) mass is 359 g/mol. The number of aliphatic hydroxyl groups excluding tert-OH is 2. The van der Waals surface area contributed by atoms with Gasteiger partial charge in [-0.3, -0.25) is 4.90 Å². The first-order valence-corrected chi connectivity index (χ1v) is 8.68. The zero-order valence-corrected chi connectivity index (χ0v) is 14.0. The molecule has 8 heteroatoms. The number of alkyl halides is 3. The zero-order valence-electron chi connectivity index (χ0n) is 14.0. The summed E-state index contributed by atoms with van der Waals surface area (Å²) >= 11 is 0. The maximum Gasteiger partial charge on any atom is 0.419 e. The highest BCUT2D eigenvalue weighted by molar-refractivity contribution is 5.49. The molecule has 2 N–H and O–H groups in total. The highest BCUT2D eigenvalue weighted by Gasteiger charge is 2.38. The van der Waals surface area contributed by atoms with Gasteiger partial charge in [0.1, 0.15) is 5.82 Å². The normalized spacial score (nSPS) is 28.5. The van der Waals surface area contributed by atoms with Crippen molar-refractivity contribution in [3.63, 3.8) is 0 Å². The summed E-state index contributed by atoms with van der Waals surface area (Å²) in [6.07, 6.45) is -1.22. The van der Waals surface area contributed by atoms with E-state index in [9.17, 15) is 23.4 Å². The molecule has 0 unspecified atom stereocenters. The van der Waals surface area contributed by atoms with Gasteiger partial charge in [-0.2, -0.15) is 13.2 Å². The van der Waals surface area contributed by atoms with Crippen LogP contribution >= 0.6 is 0 Å². The summed E-state index contributed by atoms with van der Waals surface area (Å²) in [5.74, 6) is 0.192. The summed E-state index contributed by atoms with van der Waals surface area (Å²) in [6, 6.07) is 2.40. The second-order valence-corrected chi connectivity index (χ2v) is 6.99. The highest BCUT2D eigenvalue weighted by Crippen LogP contribution is 2.37. The number of hydrogen-bond donors (Lipinski definition) is 2. The molecule has 5 nitrogen and oxygen atoms in total. The number of nitrogens with zero attached hydrogens (tertiary/aromatic N) is 3. The van der Waals surface area contributed by atoms with E-state index in [2.05, 4.69) is 9.88 Å². The van der Waals surface area contributed by atoms with Crippen LogP contribution in [-0.4, -0.2) is 65.0 Å². The Morgan fingerprint density at radius 1 is 1.20 bits per heavy atom. The lowest BCUT2D eigenvalue weighted by molar-refractivity contribution is -0.137. The lowest BCUT2D eigenvalue weighted by Gasteiger charge is -2.38. The van der Waals surface area contributed by atoms with Crippen molar-refractivity contribution in [2.24, 2.45) is 5.92 Å². The Kier molecular flexibility index (Phi) is 5.50. The highest BCUT2D eigenvalue weighted by atomic mass is 19.4. The smallest absolute Gasteiger partial charge is 0.395 e. The first kappa shape index (κ1) is 18.4. The summed E-state index contributed by atoms with van der Waals surface area (Å²) < 4.78 is 39.5. The zero-order chi connectivity index (χ0) is 18.0. The number of rotatable bonds is 4. The summed E-state index contributed by atoms with van der Waals surface area (Å²) in [5.41, 5.74) is -0.697. The van der Waals surface area contributed by atoms with Crippen LogP contribution in [0.3, 0.4) is 0 Å². The average molecular weight is 359 g/mol. The Bertz CT molecular complexity index is 585. The van der Waals surface area contributed by atoms with E-state index < -0.39 is 17.8 Å². The molecular weight excluding hydrogens is 335 g/mol. The number of aromatic nitrogens is 1. The lowest BCUT2D eigenvalue weighted by Crippen LogP contribution is -2.49. The molecule has 0 aliphatic carbocycles. The predicted octanol–water partition coefficient (Wildman–Crippen LogP) is 1.74. The Morgan fingerprint density at radius 2 is 2.00 bits per heavy atom. The quantitative estimate of drug-likeness (QED) is 0.858. The molecule has 0 aromatic carbocycles. The van der Waals surface area contributed by atoms with E-state index in [0.29, 0.717) is 32.6 Å². The van der Waals surface area contributed by atoms with Gasteiger partial charge in [-0.25, -0.2) is 4.98 Å². The Morgan fingerprint density at radius 3 is 2.72 bits per heavy atom. The minimum Gasteiger partial charge on any atom is -0.395 e. The Labute approximate surface area is 145 Å². The van der Waals surface area contributed by atoms with Gasteiger partial charge >= 0.3 is 6.18 Å². The number of β-amino-alcohol motifs (C(OH)–C–C–N with tert-alkyl or cyclic N) is 1. The molecule has 2 saturated heterocycles. The van der Waals surface area contributed by atoms with Crippen LogP contribution < -0.4 is 4.90 Å². The number of piperidine rings is 1. The van der Waals surface area contributed by atoms with Gasteiger partial charge in [0.15, 0.2) is 0 Å². The van der Waals surface area contributed by atoms with Gasteiger partial charge in [-0.05, 0) is 37.3 Å². The number of likely N-dealkylation sites (tertiary alicyclic amines) is 1. The van der Waals surface area contributed by atoms with Gasteiger partial charge in [-0.1, -0.05) is 0 Å². The molecule has 0 bridgehead atoms. The number of hydrogen-bond acceptors (Lipinski definition) is 5. The summed E-state index contributed by atoms with van der Waals surface area (Å²) in [5, 5.41) is 19.4. The van der Waals surface area contributed by atoms with Crippen LogP contribution in [0.4, 0.5) is 19.0 Å². The molecule has 140 valence electrons. The molecule has 3 heterocycles. The summed E-state index contributed by atoms with van der Waals surface area (Å²) in [6.45, 7) is 2.27. The first-order chi connectivity index (χ1) is 11.9. The fraction of sp³-hybridized carbons (Fsp3) is 0.706. The molecule has 0 radical (unpaired) electrons. The molecule has 0 spiro atoms. The van der Waals surface area contributed by atoms with Gasteiger partial charge in [-0.15, -0.1) is 0 Å². The largest absolute Gasteiger partial charge is 0.419 e. The van der Waals surface area contributed by atoms with Crippen molar-refractivity contribution in [2.45, 2.75) is 37.6 Å². The van der Waals surface area contributed by atoms with Crippen LogP contribution in [0.25, 0.3) is 0 Å². The van der Waals surface area contributed by atoms with Crippen molar-refractivity contribution in [2.75, 3.05) is 37.7 Å².